The number of nitrogens with two attached hydrogens (primary N) is 1. The van der Waals surface area contributed by atoms with Crippen molar-refractivity contribution in [3.05, 3.63) is 41.7 Å². The van der Waals surface area contributed by atoms with Gasteiger partial charge in [-0.3, -0.25) is 0 Å². The van der Waals surface area contributed by atoms with E-state index in [0.717, 1.165) is 17.5 Å². The van der Waals surface area contributed by atoms with Crippen LogP contribution in [0, 0.1) is 13.8 Å². The minimum atomic E-state index is 0.497. The lowest BCUT2D eigenvalue weighted by atomic mass is 10.3. The maximum absolute atomic E-state index is 5.78. The fraction of sp³-hybridized carbons (Fsp3) is 0.308. The Kier molecular flexibility index (Phi) is 3.72. The molecule has 0 fully saturated rings. The highest BCUT2D eigenvalue weighted by Crippen LogP contribution is 2.19. The minimum absolute atomic E-state index is 0.497. The number of aryl methyl sites for hydroxylation is 2. The minimum Gasteiger partial charge on any atom is -0.491 e. The first-order chi connectivity index (χ1) is 8.65. The van der Waals surface area contributed by atoms with Gasteiger partial charge in [0.05, 0.1) is 12.3 Å². The third-order valence-electron chi connectivity index (χ3n) is 2.41. The maximum atomic E-state index is 5.78. The van der Waals surface area contributed by atoms with E-state index >= 15 is 0 Å². The van der Waals surface area contributed by atoms with Crippen molar-refractivity contribution in [2.24, 2.45) is 0 Å². The lowest BCUT2D eigenvalue weighted by Gasteiger charge is -2.08. The molecule has 1 heterocycles. The lowest BCUT2D eigenvalue weighted by molar-refractivity contribution is 0.320. The molecule has 5 nitrogen and oxygen atoms in total. The summed E-state index contributed by atoms with van der Waals surface area (Å²) in [6, 6.07) is 7.43. The summed E-state index contributed by atoms with van der Waals surface area (Å²) < 4.78 is 5.60. The number of benzene rings is 1. The van der Waals surface area contributed by atoms with Crippen LogP contribution in [0.25, 0.3) is 0 Å². The Morgan fingerprint density at radius 1 is 1.06 bits per heavy atom. The van der Waals surface area contributed by atoms with Crippen LogP contribution in [0.2, 0.25) is 0 Å². The van der Waals surface area contributed by atoms with Crippen molar-refractivity contribution in [3.8, 4) is 5.75 Å². The molecule has 0 aliphatic heterocycles. The van der Waals surface area contributed by atoms with Crippen LogP contribution >= 0.6 is 0 Å². The number of hydrogen-bond donors (Lipinski definition) is 1. The molecule has 1 aromatic heterocycles. The summed E-state index contributed by atoms with van der Waals surface area (Å²) in [6.07, 6.45) is 0.637. The smallest absolute Gasteiger partial charge is 0.142 e. The van der Waals surface area contributed by atoms with Crippen LogP contribution in [0.1, 0.15) is 17.5 Å². The highest BCUT2D eigenvalue weighted by Gasteiger charge is 2.03. The first-order valence-corrected chi connectivity index (χ1v) is 5.80. The second-order valence-electron chi connectivity index (χ2n) is 3.98. The molecular weight excluding hydrogens is 228 g/mol. The molecular formula is C13H16N4O. The maximum Gasteiger partial charge on any atom is 0.142 e. The highest BCUT2D eigenvalue weighted by atomic mass is 16.5. The van der Waals surface area contributed by atoms with Crippen molar-refractivity contribution in [3.63, 3.8) is 0 Å². The topological polar surface area (TPSA) is 73.9 Å². The fourth-order valence-corrected chi connectivity index (χ4v) is 1.66. The Balaban J connectivity index is 1.94. The molecule has 0 aliphatic rings. The first kappa shape index (κ1) is 12.3. The van der Waals surface area contributed by atoms with Gasteiger partial charge in [0.25, 0.3) is 0 Å². The van der Waals surface area contributed by atoms with Gasteiger partial charge >= 0.3 is 0 Å². The Labute approximate surface area is 106 Å². The van der Waals surface area contributed by atoms with Gasteiger partial charge in [0.2, 0.25) is 0 Å². The van der Waals surface area contributed by atoms with Crippen molar-refractivity contribution in [2.75, 3.05) is 12.3 Å². The number of hydrogen-bond acceptors (Lipinski definition) is 5. The average Bonchev–Trinajstić information content (AvgIpc) is 2.30. The third-order valence-corrected chi connectivity index (χ3v) is 2.41. The number of para-hydroxylation sites is 2. The van der Waals surface area contributed by atoms with E-state index in [1.54, 1.807) is 0 Å². The molecule has 0 bridgehead atoms. The molecule has 5 heteroatoms. The standard InChI is InChI=1S/C13H16N4O/c1-9-15-10(2)17-13(16-9)7-8-18-12-6-4-3-5-11(12)14/h3-6H,7-8,14H2,1-2H3. The number of nitrogens with zero attached hydrogens (tertiary/aromatic N) is 3. The summed E-state index contributed by atoms with van der Waals surface area (Å²) in [5.74, 6) is 2.91. The van der Waals surface area contributed by atoms with E-state index < -0.39 is 0 Å². The second-order valence-corrected chi connectivity index (χ2v) is 3.98. The monoisotopic (exact) mass is 244 g/mol. The van der Waals surface area contributed by atoms with Crippen LogP contribution in [-0.2, 0) is 6.42 Å². The van der Waals surface area contributed by atoms with E-state index in [9.17, 15) is 0 Å². The Morgan fingerprint density at radius 3 is 2.39 bits per heavy atom. The number of rotatable bonds is 4. The van der Waals surface area contributed by atoms with Crippen LogP contribution in [0.4, 0.5) is 5.69 Å². The summed E-state index contributed by atoms with van der Waals surface area (Å²) in [5, 5.41) is 0. The number of nitrogen functional groups attached to an aromatic ring is 1. The van der Waals surface area contributed by atoms with Crippen molar-refractivity contribution in [1.82, 2.24) is 15.0 Å². The molecule has 0 unspecified atom stereocenters. The van der Waals surface area contributed by atoms with E-state index in [0.29, 0.717) is 24.5 Å². The number of anilines is 1. The zero-order valence-electron chi connectivity index (χ0n) is 10.6. The molecule has 0 amide bonds. The predicted molar refractivity (Wildman–Crippen MR) is 69.4 cm³/mol. The summed E-state index contributed by atoms with van der Waals surface area (Å²) in [6.45, 7) is 4.21. The van der Waals surface area contributed by atoms with E-state index in [2.05, 4.69) is 15.0 Å². The van der Waals surface area contributed by atoms with Crippen molar-refractivity contribution in [1.29, 1.82) is 0 Å². The molecule has 0 spiro atoms. The van der Waals surface area contributed by atoms with Gasteiger partial charge in [-0.15, -0.1) is 0 Å². The fourth-order valence-electron chi connectivity index (χ4n) is 1.66. The SMILES string of the molecule is Cc1nc(C)nc(CCOc2ccccc2N)n1. The third kappa shape index (κ3) is 3.16. The zero-order valence-corrected chi connectivity index (χ0v) is 10.6. The van der Waals surface area contributed by atoms with Crippen molar-refractivity contribution in [2.45, 2.75) is 20.3 Å². The van der Waals surface area contributed by atoms with Crippen LogP contribution in [0.3, 0.4) is 0 Å². The Morgan fingerprint density at radius 2 is 1.72 bits per heavy atom. The highest BCUT2D eigenvalue weighted by molar-refractivity contribution is 5.51. The van der Waals surface area contributed by atoms with Gasteiger partial charge < -0.3 is 10.5 Å². The Bertz CT molecular complexity index is 522. The van der Waals surface area contributed by atoms with Crippen LogP contribution in [0.5, 0.6) is 5.75 Å². The largest absolute Gasteiger partial charge is 0.491 e. The normalized spacial score (nSPS) is 10.3. The molecule has 18 heavy (non-hydrogen) atoms. The quantitative estimate of drug-likeness (QED) is 0.828. The Hall–Kier alpha value is -2.17. The van der Waals surface area contributed by atoms with Gasteiger partial charge in [-0.1, -0.05) is 12.1 Å². The van der Waals surface area contributed by atoms with Gasteiger partial charge in [-0.2, -0.15) is 0 Å². The van der Waals surface area contributed by atoms with E-state index in [1.807, 2.05) is 38.1 Å². The summed E-state index contributed by atoms with van der Waals surface area (Å²) in [7, 11) is 0. The van der Waals surface area contributed by atoms with E-state index in [1.165, 1.54) is 0 Å². The van der Waals surface area contributed by atoms with E-state index in [4.69, 9.17) is 10.5 Å². The van der Waals surface area contributed by atoms with Gasteiger partial charge in [-0.05, 0) is 26.0 Å². The molecule has 2 rings (SSSR count). The first-order valence-electron chi connectivity index (χ1n) is 5.80. The predicted octanol–water partition coefficient (Wildman–Crippen LogP) is 1.69. The molecule has 2 N–H and O–H groups in total. The molecule has 0 saturated carbocycles. The second kappa shape index (κ2) is 5.44. The lowest BCUT2D eigenvalue weighted by Crippen LogP contribution is -2.08. The molecule has 1 aromatic carbocycles. The van der Waals surface area contributed by atoms with Crippen molar-refractivity contribution >= 4 is 5.69 Å². The number of ether oxygens (including phenoxy) is 1. The van der Waals surface area contributed by atoms with Gasteiger partial charge in [0.15, 0.2) is 0 Å². The van der Waals surface area contributed by atoms with Gasteiger partial charge in [-0.25, -0.2) is 15.0 Å². The van der Waals surface area contributed by atoms with Crippen LogP contribution < -0.4 is 10.5 Å². The van der Waals surface area contributed by atoms with Gasteiger partial charge in [0.1, 0.15) is 23.2 Å². The van der Waals surface area contributed by atoms with Crippen LogP contribution in [0.15, 0.2) is 24.3 Å². The zero-order chi connectivity index (χ0) is 13.0. The summed E-state index contributed by atoms with van der Waals surface area (Å²) in [4.78, 5) is 12.6. The molecule has 0 aliphatic carbocycles. The van der Waals surface area contributed by atoms with Gasteiger partial charge in [0, 0.05) is 6.42 Å². The molecule has 94 valence electrons. The summed E-state index contributed by atoms with van der Waals surface area (Å²) in [5.41, 5.74) is 6.42. The van der Waals surface area contributed by atoms with E-state index in [-0.39, 0.29) is 0 Å². The average molecular weight is 244 g/mol. The molecule has 2 aromatic rings. The molecule has 0 atom stereocenters. The van der Waals surface area contributed by atoms with Crippen molar-refractivity contribution < 1.29 is 4.74 Å². The molecule has 0 saturated heterocycles. The number of aromatic nitrogens is 3. The summed E-state index contributed by atoms with van der Waals surface area (Å²) >= 11 is 0. The molecule has 0 radical (unpaired) electrons. The van der Waals surface area contributed by atoms with Crippen LogP contribution in [-0.4, -0.2) is 21.6 Å².